The summed E-state index contributed by atoms with van der Waals surface area (Å²) in [5.41, 5.74) is 3.82. The number of thiocarbonyl (C=S) groups is 1. The van der Waals surface area contributed by atoms with Crippen LogP contribution in [0.15, 0.2) is 48.5 Å². The molecule has 0 amide bonds. The first-order valence-corrected chi connectivity index (χ1v) is 8.37. The Balaban J connectivity index is 1.92. The fourth-order valence-corrected chi connectivity index (χ4v) is 2.54. The first-order chi connectivity index (χ1) is 11.5. The van der Waals surface area contributed by atoms with Crippen molar-refractivity contribution in [3.05, 3.63) is 59.7 Å². The molecule has 0 aromatic heterocycles. The molecule has 0 aliphatic carbocycles. The van der Waals surface area contributed by atoms with E-state index < -0.39 is 5.97 Å². The first kappa shape index (κ1) is 17.9. The molecule has 4 nitrogen and oxygen atoms in total. The molecule has 2 aromatic rings. The molecule has 1 atom stereocenters. The molecule has 0 aliphatic heterocycles. The molecule has 1 unspecified atom stereocenters. The Kier molecular flexibility index (Phi) is 6.32. The predicted octanol–water partition coefficient (Wildman–Crippen LogP) is 4.64. The van der Waals surface area contributed by atoms with Gasteiger partial charge in [-0.15, -0.1) is 0 Å². The van der Waals surface area contributed by atoms with Gasteiger partial charge in [0.1, 0.15) is 0 Å². The zero-order valence-corrected chi connectivity index (χ0v) is 14.7. The molecule has 0 saturated carbocycles. The van der Waals surface area contributed by atoms with Gasteiger partial charge in [0, 0.05) is 11.4 Å². The lowest BCUT2D eigenvalue weighted by atomic mass is 9.99. The number of aliphatic carboxylic acids is 1. The van der Waals surface area contributed by atoms with Crippen molar-refractivity contribution >= 4 is 34.7 Å². The summed E-state index contributed by atoms with van der Waals surface area (Å²) in [4.78, 5) is 10.7. The molecule has 0 aliphatic rings. The topological polar surface area (TPSA) is 61.4 Å². The van der Waals surface area contributed by atoms with E-state index in [1.165, 1.54) is 5.56 Å². The number of carbonyl (C=O) groups is 1. The lowest BCUT2D eigenvalue weighted by Crippen LogP contribution is -2.19. The molecule has 2 aromatic carbocycles. The maximum absolute atomic E-state index is 10.7. The molecule has 3 N–H and O–H groups in total. The molecular formula is C19H22N2O2S. The Morgan fingerprint density at radius 3 is 2.00 bits per heavy atom. The lowest BCUT2D eigenvalue weighted by Gasteiger charge is -2.13. The second-order valence-electron chi connectivity index (χ2n) is 5.78. The number of anilines is 2. The van der Waals surface area contributed by atoms with E-state index in [0.717, 1.165) is 23.4 Å². The molecule has 0 radical (unpaired) electrons. The van der Waals surface area contributed by atoms with Crippen LogP contribution in [0.2, 0.25) is 0 Å². The van der Waals surface area contributed by atoms with Crippen molar-refractivity contribution in [2.45, 2.75) is 32.6 Å². The second-order valence-corrected chi connectivity index (χ2v) is 6.19. The molecule has 126 valence electrons. The Hall–Kier alpha value is -2.40. The van der Waals surface area contributed by atoms with Crippen LogP contribution in [0, 0.1) is 0 Å². The van der Waals surface area contributed by atoms with Crippen LogP contribution in [0.3, 0.4) is 0 Å². The average Bonchev–Trinajstić information content (AvgIpc) is 2.56. The largest absolute Gasteiger partial charge is 0.481 e. The zero-order valence-electron chi connectivity index (χ0n) is 13.9. The van der Waals surface area contributed by atoms with Gasteiger partial charge < -0.3 is 15.7 Å². The molecule has 0 spiro atoms. The Labute approximate surface area is 147 Å². The number of carboxylic acids is 1. The highest BCUT2D eigenvalue weighted by atomic mass is 32.1. The standard InChI is InChI=1S/C19H22N2O2S/c1-3-13(2)15-6-10-17(11-7-15)21-19(24)20-16-8-4-14(5-9-16)12-18(22)23/h4-11,13H,3,12H2,1-2H3,(H,22,23)(H2,20,21,24). The van der Waals surface area contributed by atoms with Gasteiger partial charge in [-0.1, -0.05) is 38.1 Å². The third-order valence-electron chi connectivity index (χ3n) is 3.92. The Bertz CT molecular complexity index is 696. The van der Waals surface area contributed by atoms with Crippen LogP contribution in [0.25, 0.3) is 0 Å². The summed E-state index contributed by atoms with van der Waals surface area (Å²) >= 11 is 5.31. The minimum Gasteiger partial charge on any atom is -0.481 e. The SMILES string of the molecule is CCC(C)c1ccc(NC(=S)Nc2ccc(CC(=O)O)cc2)cc1. The molecular weight excluding hydrogens is 320 g/mol. The summed E-state index contributed by atoms with van der Waals surface area (Å²) in [5.74, 6) is -0.290. The van der Waals surface area contributed by atoms with Crippen LogP contribution in [0.1, 0.15) is 37.3 Å². The molecule has 0 fully saturated rings. The van der Waals surface area contributed by atoms with Gasteiger partial charge in [0.15, 0.2) is 5.11 Å². The van der Waals surface area contributed by atoms with Crippen molar-refractivity contribution in [3.63, 3.8) is 0 Å². The van der Waals surface area contributed by atoms with Crippen molar-refractivity contribution in [1.82, 2.24) is 0 Å². The molecule has 24 heavy (non-hydrogen) atoms. The Morgan fingerprint density at radius 1 is 1.04 bits per heavy atom. The highest BCUT2D eigenvalue weighted by Crippen LogP contribution is 2.20. The van der Waals surface area contributed by atoms with E-state index in [9.17, 15) is 4.79 Å². The smallest absolute Gasteiger partial charge is 0.307 e. The summed E-state index contributed by atoms with van der Waals surface area (Å²) in [5, 5.41) is 15.5. The quantitative estimate of drug-likeness (QED) is 0.668. The highest BCUT2D eigenvalue weighted by Gasteiger charge is 2.04. The van der Waals surface area contributed by atoms with Crippen LogP contribution in [0.4, 0.5) is 11.4 Å². The number of rotatable bonds is 6. The maximum atomic E-state index is 10.7. The van der Waals surface area contributed by atoms with Gasteiger partial charge >= 0.3 is 5.97 Å². The third-order valence-corrected chi connectivity index (χ3v) is 4.12. The minimum absolute atomic E-state index is 0.0194. The van der Waals surface area contributed by atoms with Crippen LogP contribution in [-0.4, -0.2) is 16.2 Å². The summed E-state index contributed by atoms with van der Waals surface area (Å²) in [6.45, 7) is 4.39. The molecule has 0 heterocycles. The van der Waals surface area contributed by atoms with Gasteiger partial charge in [-0.2, -0.15) is 0 Å². The van der Waals surface area contributed by atoms with Crippen molar-refractivity contribution in [2.24, 2.45) is 0 Å². The first-order valence-electron chi connectivity index (χ1n) is 7.96. The van der Waals surface area contributed by atoms with Gasteiger partial charge in [0.2, 0.25) is 0 Å². The van der Waals surface area contributed by atoms with E-state index in [4.69, 9.17) is 17.3 Å². The van der Waals surface area contributed by atoms with Crippen molar-refractivity contribution in [1.29, 1.82) is 0 Å². The molecule has 0 bridgehead atoms. The summed E-state index contributed by atoms with van der Waals surface area (Å²) in [7, 11) is 0. The van der Waals surface area contributed by atoms with E-state index in [1.54, 1.807) is 12.1 Å². The zero-order chi connectivity index (χ0) is 17.5. The van der Waals surface area contributed by atoms with Crippen LogP contribution in [0.5, 0.6) is 0 Å². The third kappa shape index (κ3) is 5.35. The van der Waals surface area contributed by atoms with Crippen molar-refractivity contribution in [3.8, 4) is 0 Å². The summed E-state index contributed by atoms with van der Waals surface area (Å²) in [6.07, 6.45) is 1.14. The monoisotopic (exact) mass is 342 g/mol. The van der Waals surface area contributed by atoms with E-state index in [1.807, 2.05) is 24.3 Å². The molecule has 5 heteroatoms. The van der Waals surface area contributed by atoms with Crippen LogP contribution < -0.4 is 10.6 Å². The van der Waals surface area contributed by atoms with E-state index in [-0.39, 0.29) is 6.42 Å². The number of hydrogen-bond donors (Lipinski definition) is 3. The fourth-order valence-electron chi connectivity index (χ4n) is 2.30. The highest BCUT2D eigenvalue weighted by molar-refractivity contribution is 7.80. The second kappa shape index (κ2) is 8.45. The number of benzene rings is 2. The van der Waals surface area contributed by atoms with Gasteiger partial charge in [0.25, 0.3) is 0 Å². The maximum Gasteiger partial charge on any atom is 0.307 e. The van der Waals surface area contributed by atoms with Gasteiger partial charge in [-0.25, -0.2) is 0 Å². The Morgan fingerprint density at radius 2 is 1.54 bits per heavy atom. The summed E-state index contributed by atoms with van der Waals surface area (Å²) in [6, 6.07) is 15.5. The van der Waals surface area contributed by atoms with Gasteiger partial charge in [0.05, 0.1) is 6.42 Å². The lowest BCUT2D eigenvalue weighted by molar-refractivity contribution is -0.136. The predicted molar refractivity (Wildman–Crippen MR) is 103 cm³/mol. The van der Waals surface area contributed by atoms with E-state index in [2.05, 4.69) is 36.6 Å². The number of nitrogens with one attached hydrogen (secondary N) is 2. The van der Waals surface area contributed by atoms with Gasteiger partial charge in [-0.05, 0) is 59.9 Å². The van der Waals surface area contributed by atoms with Gasteiger partial charge in [-0.3, -0.25) is 4.79 Å². The van der Waals surface area contributed by atoms with Crippen LogP contribution >= 0.6 is 12.2 Å². The van der Waals surface area contributed by atoms with Crippen LogP contribution in [-0.2, 0) is 11.2 Å². The number of carboxylic acid groups (broad SMARTS) is 1. The molecule has 2 rings (SSSR count). The number of hydrogen-bond acceptors (Lipinski definition) is 2. The van der Waals surface area contributed by atoms with Crippen molar-refractivity contribution < 1.29 is 9.90 Å². The van der Waals surface area contributed by atoms with Crippen molar-refractivity contribution in [2.75, 3.05) is 10.6 Å². The summed E-state index contributed by atoms with van der Waals surface area (Å²) < 4.78 is 0. The fraction of sp³-hybridized carbons (Fsp3) is 0.263. The average molecular weight is 342 g/mol. The minimum atomic E-state index is -0.839. The van der Waals surface area contributed by atoms with E-state index in [0.29, 0.717) is 11.0 Å². The molecule has 0 saturated heterocycles. The normalized spacial score (nSPS) is 11.6. The van der Waals surface area contributed by atoms with E-state index >= 15 is 0 Å².